The van der Waals surface area contributed by atoms with Gasteiger partial charge in [0, 0.05) is 17.7 Å². The summed E-state index contributed by atoms with van der Waals surface area (Å²) in [5.74, 6) is -2.70. The maximum Gasteiger partial charge on any atom is 0.197 e. The van der Waals surface area contributed by atoms with Crippen molar-refractivity contribution in [2.75, 3.05) is 13.2 Å². The average Bonchev–Trinajstić information content (AvgIpc) is 2.97. The van der Waals surface area contributed by atoms with Crippen molar-refractivity contribution in [3.05, 3.63) is 46.1 Å². The molecule has 43 heavy (non-hydrogen) atoms. The van der Waals surface area contributed by atoms with E-state index in [9.17, 15) is 61.0 Å². The van der Waals surface area contributed by atoms with Crippen LogP contribution in [-0.4, -0.2) is 125 Å². The monoisotopic (exact) mass is 610 g/mol. The van der Waals surface area contributed by atoms with Crippen molar-refractivity contribution < 1.29 is 74.8 Å². The van der Waals surface area contributed by atoms with Gasteiger partial charge in [0.05, 0.1) is 18.8 Å². The van der Waals surface area contributed by atoms with Crippen molar-refractivity contribution in [1.82, 2.24) is 0 Å². The van der Waals surface area contributed by atoms with E-state index in [1.165, 1.54) is 6.07 Å². The quantitative estimate of drug-likeness (QED) is 0.130. The summed E-state index contributed by atoms with van der Waals surface area (Å²) in [4.78, 5) is 13.2. The number of phenols is 4. The third-order valence-electron chi connectivity index (χ3n) is 7.55. The minimum atomic E-state index is -1.95. The SMILES string of the molecule is O=c1cc(-c2ccc(O)c(O)c2)oc2c([C@@H]3O[C@H](CO)[C@H](O)[C@H](O)[C@@H]3O[C@H]3O[C@H](CO)[C@H](O)[C@H](O)[C@@H]3O)c(O)cc(O)c12. The molecular formula is C27H30O16. The normalized spacial score (nSPS) is 33.1. The Bertz CT molecular complexity index is 1540. The number of aromatic hydroxyl groups is 4. The van der Waals surface area contributed by atoms with Gasteiger partial charge in [-0.25, -0.2) is 0 Å². The van der Waals surface area contributed by atoms with E-state index in [4.69, 9.17) is 18.6 Å². The molecule has 10 atom stereocenters. The molecule has 2 fully saturated rings. The Balaban J connectivity index is 1.67. The van der Waals surface area contributed by atoms with E-state index in [2.05, 4.69) is 0 Å². The first-order valence-corrected chi connectivity index (χ1v) is 13.0. The van der Waals surface area contributed by atoms with Gasteiger partial charge in [-0.2, -0.15) is 0 Å². The zero-order chi connectivity index (χ0) is 31.3. The van der Waals surface area contributed by atoms with Crippen molar-refractivity contribution in [2.45, 2.75) is 61.2 Å². The third kappa shape index (κ3) is 5.38. The van der Waals surface area contributed by atoms with E-state index in [0.717, 1.165) is 24.3 Å². The molecule has 3 aromatic rings. The van der Waals surface area contributed by atoms with Gasteiger partial charge in [-0.1, -0.05) is 0 Å². The fraction of sp³-hybridized carbons (Fsp3) is 0.444. The molecule has 0 amide bonds. The Morgan fingerprint density at radius 1 is 0.698 bits per heavy atom. The zero-order valence-electron chi connectivity index (χ0n) is 22.0. The summed E-state index contributed by atoms with van der Waals surface area (Å²) >= 11 is 0. The molecule has 0 unspecified atom stereocenters. The van der Waals surface area contributed by atoms with Crippen molar-refractivity contribution in [2.24, 2.45) is 0 Å². The zero-order valence-corrected chi connectivity index (χ0v) is 22.0. The number of aliphatic hydroxyl groups is 7. The Hall–Kier alpha value is -3.55. The number of ether oxygens (including phenoxy) is 3. The topological polar surface area (TPSA) is 280 Å². The lowest BCUT2D eigenvalue weighted by molar-refractivity contribution is -0.342. The molecule has 2 saturated heterocycles. The minimum Gasteiger partial charge on any atom is -0.507 e. The first kappa shape index (κ1) is 30.9. The summed E-state index contributed by atoms with van der Waals surface area (Å²) in [6, 6.07) is 5.24. The Morgan fingerprint density at radius 3 is 2.00 bits per heavy atom. The van der Waals surface area contributed by atoms with Crippen molar-refractivity contribution in [1.29, 1.82) is 0 Å². The number of aliphatic hydroxyl groups excluding tert-OH is 7. The fourth-order valence-corrected chi connectivity index (χ4v) is 5.22. The van der Waals surface area contributed by atoms with Crippen molar-refractivity contribution in [3.8, 4) is 34.3 Å². The van der Waals surface area contributed by atoms with E-state index >= 15 is 0 Å². The van der Waals surface area contributed by atoms with Crippen LogP contribution in [0.3, 0.4) is 0 Å². The molecular weight excluding hydrogens is 580 g/mol. The van der Waals surface area contributed by atoms with Crippen LogP contribution in [0, 0.1) is 0 Å². The van der Waals surface area contributed by atoms with Crippen LogP contribution in [0.25, 0.3) is 22.3 Å². The predicted molar refractivity (Wildman–Crippen MR) is 140 cm³/mol. The highest BCUT2D eigenvalue weighted by atomic mass is 16.7. The standard InChI is InChI=1S/C27H30O16/c28-6-15-20(36)22(38)26(43-27-23(39)21(37)19(35)16(7-29)42-27)25(41-15)18-12(33)4-11(32)17-13(34)5-14(40-24(17)18)8-1-2-9(30)10(31)3-8/h1-5,15-16,19-23,25-33,35-39H,6-7H2/t15-,16-,19+,20+,21+,22+,23+,25+,26+,27-/m1/s1. The van der Waals surface area contributed by atoms with Gasteiger partial charge in [0.25, 0.3) is 0 Å². The molecule has 0 aliphatic carbocycles. The Labute approximate surface area is 241 Å². The van der Waals surface area contributed by atoms with Crippen LogP contribution in [0.1, 0.15) is 11.7 Å². The smallest absolute Gasteiger partial charge is 0.197 e. The molecule has 0 spiro atoms. The molecule has 2 aliphatic rings. The predicted octanol–water partition coefficient (Wildman–Crippen LogP) is -2.38. The lowest BCUT2D eigenvalue weighted by atomic mass is 9.89. The van der Waals surface area contributed by atoms with E-state index in [-0.39, 0.29) is 11.3 Å². The summed E-state index contributed by atoms with van der Waals surface area (Å²) in [5.41, 5.74) is -1.66. The second kappa shape index (κ2) is 11.9. The number of benzene rings is 2. The maximum atomic E-state index is 13.2. The van der Waals surface area contributed by atoms with Crippen LogP contribution < -0.4 is 5.43 Å². The molecule has 5 rings (SSSR count). The highest BCUT2D eigenvalue weighted by molar-refractivity contribution is 5.89. The van der Waals surface area contributed by atoms with Gasteiger partial charge in [-0.15, -0.1) is 0 Å². The number of phenolic OH excluding ortho intramolecular Hbond substituents is 4. The largest absolute Gasteiger partial charge is 0.507 e. The lowest BCUT2D eigenvalue weighted by Gasteiger charge is -2.46. The molecule has 0 saturated carbocycles. The van der Waals surface area contributed by atoms with Crippen molar-refractivity contribution >= 4 is 11.0 Å². The third-order valence-corrected chi connectivity index (χ3v) is 7.55. The molecule has 0 radical (unpaired) electrons. The first-order valence-electron chi connectivity index (χ1n) is 13.0. The number of hydrogen-bond donors (Lipinski definition) is 11. The molecule has 16 nitrogen and oxygen atoms in total. The molecule has 2 aliphatic heterocycles. The van der Waals surface area contributed by atoms with E-state index in [1.54, 1.807) is 0 Å². The summed E-state index contributed by atoms with van der Waals surface area (Å²) in [6.45, 7) is -1.66. The second-order valence-electron chi connectivity index (χ2n) is 10.3. The Morgan fingerprint density at radius 2 is 1.35 bits per heavy atom. The summed E-state index contributed by atoms with van der Waals surface area (Å²) in [5, 5.41) is 113. The van der Waals surface area contributed by atoms with Crippen LogP contribution in [0.15, 0.2) is 39.5 Å². The maximum absolute atomic E-state index is 13.2. The van der Waals surface area contributed by atoms with Gasteiger partial charge in [0.1, 0.15) is 77.6 Å². The molecule has 3 heterocycles. The number of fused-ring (bicyclic) bond motifs is 1. The Kier molecular flexibility index (Phi) is 8.52. The summed E-state index contributed by atoms with van der Waals surface area (Å²) < 4.78 is 22.7. The van der Waals surface area contributed by atoms with Crippen LogP contribution in [0.2, 0.25) is 0 Å². The van der Waals surface area contributed by atoms with Gasteiger partial charge >= 0.3 is 0 Å². The fourth-order valence-electron chi connectivity index (χ4n) is 5.22. The second-order valence-corrected chi connectivity index (χ2v) is 10.3. The van der Waals surface area contributed by atoms with E-state index in [0.29, 0.717) is 0 Å². The van der Waals surface area contributed by atoms with E-state index in [1.807, 2.05) is 0 Å². The van der Waals surface area contributed by atoms with Gasteiger partial charge in [0.2, 0.25) is 0 Å². The minimum absolute atomic E-state index is 0.0884. The molecule has 234 valence electrons. The molecule has 2 aromatic carbocycles. The summed E-state index contributed by atoms with van der Waals surface area (Å²) in [7, 11) is 0. The molecule has 1 aromatic heterocycles. The molecule has 11 N–H and O–H groups in total. The molecule has 16 heteroatoms. The first-order chi connectivity index (χ1) is 20.4. The van der Waals surface area contributed by atoms with Crippen LogP contribution in [-0.2, 0) is 14.2 Å². The highest BCUT2D eigenvalue weighted by Gasteiger charge is 2.52. The van der Waals surface area contributed by atoms with Crippen LogP contribution in [0.5, 0.6) is 23.0 Å². The van der Waals surface area contributed by atoms with Gasteiger partial charge < -0.3 is 74.8 Å². The average molecular weight is 611 g/mol. The number of rotatable bonds is 6. The molecule has 0 bridgehead atoms. The van der Waals surface area contributed by atoms with Gasteiger partial charge in [-0.3, -0.25) is 4.79 Å². The summed E-state index contributed by atoms with van der Waals surface area (Å²) in [6.07, 6.45) is -17.7. The van der Waals surface area contributed by atoms with E-state index < -0.39 is 119 Å². The van der Waals surface area contributed by atoms with Gasteiger partial charge in [-0.05, 0) is 18.2 Å². The van der Waals surface area contributed by atoms with Crippen molar-refractivity contribution in [3.63, 3.8) is 0 Å². The van der Waals surface area contributed by atoms with Crippen LogP contribution >= 0.6 is 0 Å². The highest BCUT2D eigenvalue weighted by Crippen LogP contribution is 2.45. The van der Waals surface area contributed by atoms with Crippen LogP contribution in [0.4, 0.5) is 0 Å². The van der Waals surface area contributed by atoms with Gasteiger partial charge in [0.15, 0.2) is 28.8 Å². The lowest BCUT2D eigenvalue weighted by Crippen LogP contribution is -2.62. The number of hydrogen-bond acceptors (Lipinski definition) is 16.